The van der Waals surface area contributed by atoms with E-state index in [0.717, 1.165) is 6.07 Å². The van der Waals surface area contributed by atoms with Gasteiger partial charge in [0.2, 0.25) is 0 Å². The summed E-state index contributed by atoms with van der Waals surface area (Å²) in [5, 5.41) is 0.149. The first-order valence-corrected chi connectivity index (χ1v) is 4.77. The highest BCUT2D eigenvalue weighted by atomic mass is 35.5. The highest BCUT2D eigenvalue weighted by molar-refractivity contribution is 7.80. The molecule has 3 nitrogen and oxygen atoms in total. The van der Waals surface area contributed by atoms with E-state index >= 15 is 0 Å². The maximum atomic E-state index is 13.0. The Morgan fingerprint density at radius 2 is 2.23 bits per heavy atom. The van der Waals surface area contributed by atoms with Gasteiger partial charge in [0, 0.05) is 21.9 Å². The standard InChI is InChI=1S/C7H7ClFNO2S/c1-4-6(9)2-5(8)3-7(4)10-13(11)12/h2-3,10H,1H3,(H,11,12)/p-1. The molecule has 6 heteroatoms. The van der Waals surface area contributed by atoms with E-state index in [1.54, 1.807) is 0 Å². The van der Waals surface area contributed by atoms with Crippen molar-refractivity contribution >= 4 is 28.6 Å². The summed E-state index contributed by atoms with van der Waals surface area (Å²) in [5.74, 6) is -0.541. The van der Waals surface area contributed by atoms with Crippen LogP contribution in [0.4, 0.5) is 10.1 Å². The fourth-order valence-electron chi connectivity index (χ4n) is 0.842. The molecule has 1 atom stereocenters. The molecule has 72 valence electrons. The summed E-state index contributed by atoms with van der Waals surface area (Å²) in [4.78, 5) is 0. The molecule has 0 saturated heterocycles. The van der Waals surface area contributed by atoms with Gasteiger partial charge in [-0.05, 0) is 19.1 Å². The Balaban J connectivity index is 3.12. The molecule has 1 unspecified atom stereocenters. The summed E-state index contributed by atoms with van der Waals surface area (Å²) in [5.41, 5.74) is 0.368. The molecule has 0 heterocycles. The van der Waals surface area contributed by atoms with Crippen molar-refractivity contribution in [3.8, 4) is 0 Å². The Labute approximate surface area is 82.3 Å². The van der Waals surface area contributed by atoms with Gasteiger partial charge in [0.15, 0.2) is 0 Å². The quantitative estimate of drug-likeness (QED) is 0.778. The van der Waals surface area contributed by atoms with E-state index in [1.165, 1.54) is 13.0 Å². The molecule has 1 aromatic rings. The average molecular weight is 223 g/mol. The minimum Gasteiger partial charge on any atom is -0.755 e. The largest absolute Gasteiger partial charge is 0.755 e. The van der Waals surface area contributed by atoms with Crippen LogP contribution in [-0.4, -0.2) is 8.76 Å². The highest BCUT2D eigenvalue weighted by Crippen LogP contribution is 2.23. The molecule has 1 N–H and O–H groups in total. The normalized spacial score (nSPS) is 12.6. The van der Waals surface area contributed by atoms with Crippen molar-refractivity contribution in [1.29, 1.82) is 0 Å². The van der Waals surface area contributed by atoms with E-state index in [0.29, 0.717) is 0 Å². The summed E-state index contributed by atoms with van der Waals surface area (Å²) in [6.45, 7) is 1.46. The van der Waals surface area contributed by atoms with Gasteiger partial charge in [0.1, 0.15) is 5.82 Å². The number of nitrogens with one attached hydrogen (secondary N) is 1. The molecule has 0 radical (unpaired) electrons. The van der Waals surface area contributed by atoms with Gasteiger partial charge in [0.25, 0.3) is 0 Å². The second kappa shape index (κ2) is 4.04. The van der Waals surface area contributed by atoms with Crippen LogP contribution < -0.4 is 4.72 Å². The molecule has 0 aliphatic carbocycles. The van der Waals surface area contributed by atoms with Crippen LogP contribution in [0.1, 0.15) is 5.56 Å². The van der Waals surface area contributed by atoms with Gasteiger partial charge in [-0.2, -0.15) is 0 Å². The summed E-state index contributed by atoms with van der Waals surface area (Å²) >= 11 is 3.06. The van der Waals surface area contributed by atoms with Gasteiger partial charge in [0.05, 0.1) is 5.69 Å². The molecule has 0 bridgehead atoms. The monoisotopic (exact) mass is 222 g/mol. The molecule has 1 aromatic carbocycles. The van der Waals surface area contributed by atoms with Crippen LogP contribution in [0.3, 0.4) is 0 Å². The maximum Gasteiger partial charge on any atom is 0.129 e. The van der Waals surface area contributed by atoms with Crippen molar-refractivity contribution in [3.63, 3.8) is 0 Å². The lowest BCUT2D eigenvalue weighted by Crippen LogP contribution is -2.04. The third-order valence-electron chi connectivity index (χ3n) is 1.50. The van der Waals surface area contributed by atoms with E-state index in [9.17, 15) is 13.2 Å². The fourth-order valence-corrected chi connectivity index (χ4v) is 1.44. The molecule has 0 spiro atoms. The molecule has 0 amide bonds. The van der Waals surface area contributed by atoms with Crippen LogP contribution in [0.25, 0.3) is 0 Å². The molecule has 0 aliphatic heterocycles. The van der Waals surface area contributed by atoms with Crippen LogP contribution in [0.2, 0.25) is 5.02 Å². The molecular weight excluding hydrogens is 217 g/mol. The molecule has 1 rings (SSSR count). The van der Waals surface area contributed by atoms with Crippen molar-refractivity contribution < 1.29 is 13.2 Å². The topological polar surface area (TPSA) is 52.2 Å². The summed E-state index contributed by atoms with van der Waals surface area (Å²) < 4.78 is 35.5. The lowest BCUT2D eigenvalue weighted by atomic mass is 10.2. The third-order valence-corrected chi connectivity index (χ3v) is 2.11. The second-order valence-electron chi connectivity index (χ2n) is 2.40. The van der Waals surface area contributed by atoms with Crippen LogP contribution in [0, 0.1) is 12.7 Å². The SMILES string of the molecule is Cc1c(F)cc(Cl)cc1NS(=O)[O-]. The van der Waals surface area contributed by atoms with Gasteiger partial charge in [-0.1, -0.05) is 11.6 Å². The van der Waals surface area contributed by atoms with Crippen LogP contribution in [0.5, 0.6) is 0 Å². The van der Waals surface area contributed by atoms with Crippen LogP contribution in [-0.2, 0) is 11.3 Å². The molecule has 0 fully saturated rings. The van der Waals surface area contributed by atoms with Crippen molar-refractivity contribution in [2.24, 2.45) is 0 Å². The maximum absolute atomic E-state index is 13.0. The van der Waals surface area contributed by atoms with E-state index in [2.05, 4.69) is 0 Å². The van der Waals surface area contributed by atoms with E-state index in [1.807, 2.05) is 4.72 Å². The predicted octanol–water partition coefficient (Wildman–Crippen LogP) is 1.99. The Hall–Kier alpha value is -0.650. The number of hydrogen-bond donors (Lipinski definition) is 1. The van der Waals surface area contributed by atoms with Crippen LogP contribution >= 0.6 is 11.6 Å². The molecule has 0 aromatic heterocycles. The van der Waals surface area contributed by atoms with Gasteiger partial charge in [-0.15, -0.1) is 0 Å². The number of halogens is 2. The first-order chi connectivity index (χ1) is 6.00. The Kier molecular flexibility index (Phi) is 3.24. The van der Waals surface area contributed by atoms with Gasteiger partial charge in [-0.3, -0.25) is 4.21 Å². The minimum absolute atomic E-state index is 0.149. The first-order valence-electron chi connectivity index (χ1n) is 3.32. The van der Waals surface area contributed by atoms with Gasteiger partial charge < -0.3 is 9.27 Å². The molecule has 0 aliphatic rings. The second-order valence-corrected chi connectivity index (χ2v) is 3.51. The number of benzene rings is 1. The average Bonchev–Trinajstić information content (AvgIpc) is 1.98. The Morgan fingerprint density at radius 1 is 1.62 bits per heavy atom. The number of rotatable bonds is 2. The van der Waals surface area contributed by atoms with Gasteiger partial charge in [-0.25, -0.2) is 4.39 Å². The first kappa shape index (κ1) is 10.4. The van der Waals surface area contributed by atoms with E-state index in [4.69, 9.17) is 11.6 Å². The Morgan fingerprint density at radius 3 is 2.77 bits per heavy atom. The van der Waals surface area contributed by atoms with Crippen molar-refractivity contribution in [2.45, 2.75) is 6.92 Å². The lowest BCUT2D eigenvalue weighted by Gasteiger charge is -2.11. The molecular formula is C7H6ClFNO2S-. The fraction of sp³-hybridized carbons (Fsp3) is 0.143. The molecule has 0 saturated carbocycles. The van der Waals surface area contributed by atoms with E-state index < -0.39 is 17.1 Å². The van der Waals surface area contributed by atoms with Crippen molar-refractivity contribution in [1.82, 2.24) is 0 Å². The molecule has 13 heavy (non-hydrogen) atoms. The predicted molar refractivity (Wildman–Crippen MR) is 48.7 cm³/mol. The minimum atomic E-state index is -2.47. The third kappa shape index (κ3) is 2.65. The van der Waals surface area contributed by atoms with Crippen LogP contribution in [0.15, 0.2) is 12.1 Å². The zero-order chi connectivity index (χ0) is 10.0. The zero-order valence-corrected chi connectivity index (χ0v) is 8.21. The Bertz CT molecular complexity index is 359. The number of anilines is 1. The number of hydrogen-bond acceptors (Lipinski definition) is 2. The summed E-state index contributed by atoms with van der Waals surface area (Å²) in [7, 11) is 0. The van der Waals surface area contributed by atoms with Crippen molar-refractivity contribution in [3.05, 3.63) is 28.5 Å². The summed E-state index contributed by atoms with van der Waals surface area (Å²) in [6, 6.07) is 2.46. The zero-order valence-electron chi connectivity index (χ0n) is 6.64. The summed E-state index contributed by atoms with van der Waals surface area (Å²) in [6.07, 6.45) is 0. The highest BCUT2D eigenvalue weighted by Gasteiger charge is 2.05. The van der Waals surface area contributed by atoms with Crippen molar-refractivity contribution in [2.75, 3.05) is 4.72 Å². The lowest BCUT2D eigenvalue weighted by molar-refractivity contribution is 0.542. The smallest absolute Gasteiger partial charge is 0.129 e. The van der Waals surface area contributed by atoms with Gasteiger partial charge >= 0.3 is 0 Å². The van der Waals surface area contributed by atoms with E-state index in [-0.39, 0.29) is 16.3 Å².